The molecule has 0 aromatic rings. The summed E-state index contributed by atoms with van der Waals surface area (Å²) >= 11 is 0. The van der Waals surface area contributed by atoms with E-state index in [4.69, 9.17) is 9.78 Å². The van der Waals surface area contributed by atoms with Gasteiger partial charge in [0.2, 0.25) is 0 Å². The number of carbonyl (C=O) groups is 1. The van der Waals surface area contributed by atoms with Crippen LogP contribution >= 0.6 is 0 Å². The highest BCUT2D eigenvalue weighted by molar-refractivity contribution is 5.73. The Kier molecular flexibility index (Phi) is 3.66. The van der Waals surface area contributed by atoms with Gasteiger partial charge in [-0.1, -0.05) is 38.3 Å². The van der Waals surface area contributed by atoms with E-state index in [0.29, 0.717) is 11.8 Å². The standard InChI is InChI=1S/C16H24O3/c1-2-16(8-4-3-5-9-16)19-18-15(17)14-11-12-6-7-13(14)10-12/h6-7,12-14H,2-5,8-11H2,1H3. The zero-order valence-electron chi connectivity index (χ0n) is 11.8. The smallest absolute Gasteiger partial charge is 0.297 e. The maximum absolute atomic E-state index is 12.2. The fourth-order valence-electron chi connectivity index (χ4n) is 3.93. The van der Waals surface area contributed by atoms with Crippen LogP contribution in [0.3, 0.4) is 0 Å². The Balaban J connectivity index is 1.53. The van der Waals surface area contributed by atoms with Crippen LogP contribution in [0, 0.1) is 17.8 Å². The van der Waals surface area contributed by atoms with Gasteiger partial charge in [0.25, 0.3) is 0 Å². The highest BCUT2D eigenvalue weighted by Gasteiger charge is 2.42. The summed E-state index contributed by atoms with van der Waals surface area (Å²) in [5.74, 6) is 0.880. The lowest BCUT2D eigenvalue weighted by Gasteiger charge is -2.34. The minimum absolute atomic E-state index is 0.0347. The molecule has 0 spiro atoms. The van der Waals surface area contributed by atoms with Gasteiger partial charge in [0.1, 0.15) is 5.60 Å². The largest absolute Gasteiger partial charge is 0.346 e. The van der Waals surface area contributed by atoms with Crippen molar-refractivity contribution < 1.29 is 14.6 Å². The molecule has 0 aliphatic heterocycles. The van der Waals surface area contributed by atoms with Crippen molar-refractivity contribution in [2.75, 3.05) is 0 Å². The molecule has 19 heavy (non-hydrogen) atoms. The molecule has 0 aromatic heterocycles. The van der Waals surface area contributed by atoms with Crippen LogP contribution < -0.4 is 0 Å². The van der Waals surface area contributed by atoms with E-state index in [-0.39, 0.29) is 17.5 Å². The number of hydrogen-bond acceptors (Lipinski definition) is 3. The van der Waals surface area contributed by atoms with Crippen LogP contribution in [0.4, 0.5) is 0 Å². The zero-order chi connectivity index (χ0) is 13.3. The van der Waals surface area contributed by atoms with Crippen LogP contribution in [-0.2, 0) is 14.6 Å². The summed E-state index contributed by atoms with van der Waals surface area (Å²) in [4.78, 5) is 23.0. The first-order valence-electron chi connectivity index (χ1n) is 7.80. The summed E-state index contributed by atoms with van der Waals surface area (Å²) in [6.45, 7) is 2.12. The predicted octanol–water partition coefficient (Wildman–Crippen LogP) is 3.79. The summed E-state index contributed by atoms with van der Waals surface area (Å²) in [6, 6.07) is 0. The van der Waals surface area contributed by atoms with Gasteiger partial charge in [-0.25, -0.2) is 4.79 Å². The Labute approximate surface area is 115 Å². The third-order valence-corrected chi connectivity index (χ3v) is 5.29. The van der Waals surface area contributed by atoms with Crippen LogP contribution in [0.15, 0.2) is 12.2 Å². The fraction of sp³-hybridized carbons (Fsp3) is 0.812. The molecule has 3 aliphatic carbocycles. The molecule has 0 N–H and O–H groups in total. The van der Waals surface area contributed by atoms with Gasteiger partial charge in [-0.05, 0) is 43.9 Å². The monoisotopic (exact) mass is 264 g/mol. The highest BCUT2D eigenvalue weighted by atomic mass is 17.2. The quantitative estimate of drug-likeness (QED) is 0.440. The van der Waals surface area contributed by atoms with Crippen LogP contribution in [0.1, 0.15) is 58.3 Å². The molecule has 2 fully saturated rings. The SMILES string of the molecule is CCC1(OOC(=O)C2CC3C=CC2C3)CCCCC1. The molecule has 3 nitrogen and oxygen atoms in total. The second kappa shape index (κ2) is 5.28. The number of carbonyl (C=O) groups excluding carboxylic acids is 1. The van der Waals surface area contributed by atoms with Gasteiger partial charge >= 0.3 is 5.97 Å². The van der Waals surface area contributed by atoms with Crippen molar-refractivity contribution in [1.29, 1.82) is 0 Å². The van der Waals surface area contributed by atoms with Crippen molar-refractivity contribution in [2.24, 2.45) is 17.8 Å². The molecule has 106 valence electrons. The number of hydrogen-bond donors (Lipinski definition) is 0. The maximum Gasteiger partial charge on any atom is 0.346 e. The van der Waals surface area contributed by atoms with Gasteiger partial charge < -0.3 is 0 Å². The van der Waals surface area contributed by atoms with E-state index >= 15 is 0 Å². The molecule has 2 saturated carbocycles. The van der Waals surface area contributed by atoms with Crippen LogP contribution in [0.25, 0.3) is 0 Å². The lowest BCUT2D eigenvalue weighted by molar-refractivity contribution is -0.343. The second-order valence-corrected chi connectivity index (χ2v) is 6.47. The molecular weight excluding hydrogens is 240 g/mol. The summed E-state index contributed by atoms with van der Waals surface area (Å²) in [5.41, 5.74) is -0.207. The van der Waals surface area contributed by atoms with Gasteiger partial charge in [-0.2, -0.15) is 4.89 Å². The Bertz CT molecular complexity index is 368. The van der Waals surface area contributed by atoms with Crippen molar-refractivity contribution in [3.63, 3.8) is 0 Å². The topological polar surface area (TPSA) is 35.5 Å². The lowest BCUT2D eigenvalue weighted by Crippen LogP contribution is -2.36. The van der Waals surface area contributed by atoms with E-state index in [1.807, 2.05) is 0 Å². The van der Waals surface area contributed by atoms with Gasteiger partial charge in [-0.15, -0.1) is 0 Å². The van der Waals surface area contributed by atoms with Crippen LogP contribution in [0.5, 0.6) is 0 Å². The molecule has 0 aromatic carbocycles. The third kappa shape index (κ3) is 2.58. The summed E-state index contributed by atoms with van der Waals surface area (Å²) in [7, 11) is 0. The van der Waals surface area contributed by atoms with Crippen molar-refractivity contribution in [1.82, 2.24) is 0 Å². The summed E-state index contributed by atoms with van der Waals surface area (Å²) in [5, 5.41) is 0. The first-order chi connectivity index (χ1) is 9.22. The predicted molar refractivity (Wildman–Crippen MR) is 72.1 cm³/mol. The number of rotatable bonds is 4. The Morgan fingerprint density at radius 3 is 2.58 bits per heavy atom. The molecular formula is C16H24O3. The Morgan fingerprint density at radius 2 is 2.00 bits per heavy atom. The Hall–Kier alpha value is -0.830. The molecule has 3 atom stereocenters. The van der Waals surface area contributed by atoms with Crippen molar-refractivity contribution in [2.45, 2.75) is 63.9 Å². The average molecular weight is 264 g/mol. The summed E-state index contributed by atoms with van der Waals surface area (Å²) in [6.07, 6.45) is 13.1. The van der Waals surface area contributed by atoms with E-state index in [1.165, 1.54) is 19.3 Å². The zero-order valence-corrected chi connectivity index (χ0v) is 11.8. The maximum atomic E-state index is 12.2. The molecule has 3 aliphatic rings. The van der Waals surface area contributed by atoms with Crippen LogP contribution in [-0.4, -0.2) is 11.6 Å². The molecule has 3 unspecified atom stereocenters. The molecule has 2 bridgehead atoms. The van der Waals surface area contributed by atoms with E-state index in [1.54, 1.807) is 0 Å². The van der Waals surface area contributed by atoms with Gasteiger partial charge in [-0.3, -0.25) is 4.89 Å². The molecule has 0 radical (unpaired) electrons. The van der Waals surface area contributed by atoms with E-state index in [0.717, 1.165) is 32.1 Å². The van der Waals surface area contributed by atoms with Crippen molar-refractivity contribution in [3.8, 4) is 0 Å². The molecule has 0 heterocycles. The third-order valence-electron chi connectivity index (χ3n) is 5.29. The minimum Gasteiger partial charge on any atom is -0.297 e. The highest BCUT2D eigenvalue weighted by Crippen LogP contribution is 2.44. The van der Waals surface area contributed by atoms with Gasteiger partial charge in [0, 0.05) is 0 Å². The molecule has 3 heteroatoms. The van der Waals surface area contributed by atoms with Gasteiger partial charge in [0.15, 0.2) is 0 Å². The van der Waals surface area contributed by atoms with Crippen molar-refractivity contribution >= 4 is 5.97 Å². The van der Waals surface area contributed by atoms with Crippen LogP contribution in [0.2, 0.25) is 0 Å². The van der Waals surface area contributed by atoms with Crippen molar-refractivity contribution in [3.05, 3.63) is 12.2 Å². The Morgan fingerprint density at radius 1 is 1.21 bits per heavy atom. The summed E-state index contributed by atoms with van der Waals surface area (Å²) < 4.78 is 0. The number of allylic oxidation sites excluding steroid dienone is 2. The fourth-order valence-corrected chi connectivity index (χ4v) is 3.93. The van der Waals surface area contributed by atoms with E-state index in [9.17, 15) is 4.79 Å². The molecule has 3 rings (SSSR count). The number of fused-ring (bicyclic) bond motifs is 2. The first kappa shape index (κ1) is 13.2. The molecule has 0 saturated heterocycles. The molecule has 0 amide bonds. The lowest BCUT2D eigenvalue weighted by atomic mass is 9.83. The minimum atomic E-state index is -0.207. The van der Waals surface area contributed by atoms with E-state index in [2.05, 4.69) is 19.1 Å². The normalized spacial score (nSPS) is 35.5. The van der Waals surface area contributed by atoms with Gasteiger partial charge in [0.05, 0.1) is 5.92 Å². The average Bonchev–Trinajstić information content (AvgIpc) is 3.08. The van der Waals surface area contributed by atoms with E-state index < -0.39 is 0 Å². The first-order valence-corrected chi connectivity index (χ1v) is 7.80. The second-order valence-electron chi connectivity index (χ2n) is 6.47.